The van der Waals surface area contributed by atoms with Gasteiger partial charge in [-0.2, -0.15) is 0 Å². The Morgan fingerprint density at radius 3 is 2.85 bits per heavy atom. The predicted molar refractivity (Wildman–Crippen MR) is 89.1 cm³/mol. The molecule has 0 unspecified atom stereocenters. The molecule has 1 aliphatic rings. The standard InChI is InChI=1S/C12H18N4OS.2ClH/c17-12(16-7-8-18-10-16)9-13-5-6-15-11-3-1-2-4-14-11;;/h1-4,13H,5-10H2,(H,14,15);2*1H. The lowest BCUT2D eigenvalue weighted by molar-refractivity contribution is -0.128. The van der Waals surface area contributed by atoms with E-state index < -0.39 is 0 Å². The molecule has 0 saturated carbocycles. The van der Waals surface area contributed by atoms with Crippen LogP contribution in [0.5, 0.6) is 0 Å². The number of carbonyl (C=O) groups is 1. The van der Waals surface area contributed by atoms with Gasteiger partial charge in [-0.15, -0.1) is 36.6 Å². The molecule has 0 aromatic carbocycles. The highest BCUT2D eigenvalue weighted by Crippen LogP contribution is 2.12. The van der Waals surface area contributed by atoms with E-state index in [0.717, 1.165) is 37.1 Å². The summed E-state index contributed by atoms with van der Waals surface area (Å²) in [7, 11) is 0. The average Bonchev–Trinajstić information content (AvgIpc) is 2.93. The summed E-state index contributed by atoms with van der Waals surface area (Å²) in [6.45, 7) is 2.82. The van der Waals surface area contributed by atoms with Crippen molar-refractivity contribution in [3.05, 3.63) is 24.4 Å². The molecule has 2 N–H and O–H groups in total. The van der Waals surface area contributed by atoms with Crippen molar-refractivity contribution in [1.82, 2.24) is 15.2 Å². The Bertz CT molecular complexity index is 377. The molecular weight excluding hydrogens is 319 g/mol. The highest BCUT2D eigenvalue weighted by Gasteiger charge is 2.17. The fraction of sp³-hybridized carbons (Fsp3) is 0.500. The van der Waals surface area contributed by atoms with Crippen molar-refractivity contribution in [2.75, 3.05) is 43.1 Å². The minimum atomic E-state index is 0. The summed E-state index contributed by atoms with van der Waals surface area (Å²) in [6.07, 6.45) is 1.75. The molecular formula is C12H20Cl2N4OS. The van der Waals surface area contributed by atoms with E-state index in [-0.39, 0.29) is 30.7 Å². The number of amides is 1. The molecule has 0 spiro atoms. The number of hydrogen-bond acceptors (Lipinski definition) is 5. The van der Waals surface area contributed by atoms with Crippen LogP contribution in [0.3, 0.4) is 0 Å². The summed E-state index contributed by atoms with van der Waals surface area (Å²) < 4.78 is 0. The van der Waals surface area contributed by atoms with Gasteiger partial charge in [0.05, 0.1) is 12.4 Å². The van der Waals surface area contributed by atoms with Crippen LogP contribution in [-0.4, -0.2) is 53.6 Å². The summed E-state index contributed by atoms with van der Waals surface area (Å²) >= 11 is 1.81. The summed E-state index contributed by atoms with van der Waals surface area (Å²) in [6, 6.07) is 5.75. The van der Waals surface area contributed by atoms with Crippen molar-refractivity contribution >= 4 is 48.3 Å². The lowest BCUT2D eigenvalue weighted by Crippen LogP contribution is -2.37. The number of anilines is 1. The fourth-order valence-electron chi connectivity index (χ4n) is 1.66. The molecule has 20 heavy (non-hydrogen) atoms. The van der Waals surface area contributed by atoms with Crippen molar-refractivity contribution in [3.8, 4) is 0 Å². The van der Waals surface area contributed by atoms with E-state index in [9.17, 15) is 4.79 Å². The second-order valence-electron chi connectivity index (χ2n) is 4.01. The maximum Gasteiger partial charge on any atom is 0.237 e. The second-order valence-corrected chi connectivity index (χ2v) is 5.09. The monoisotopic (exact) mass is 338 g/mol. The summed E-state index contributed by atoms with van der Waals surface area (Å²) in [5, 5.41) is 6.33. The fourth-order valence-corrected chi connectivity index (χ4v) is 2.64. The largest absolute Gasteiger partial charge is 0.369 e. The lowest BCUT2D eigenvalue weighted by atomic mass is 10.4. The lowest BCUT2D eigenvalue weighted by Gasteiger charge is -2.14. The third kappa shape index (κ3) is 6.65. The van der Waals surface area contributed by atoms with Crippen molar-refractivity contribution in [2.24, 2.45) is 0 Å². The summed E-state index contributed by atoms with van der Waals surface area (Å²) in [5.74, 6) is 2.96. The van der Waals surface area contributed by atoms with E-state index in [1.165, 1.54) is 0 Å². The topological polar surface area (TPSA) is 57.3 Å². The summed E-state index contributed by atoms with van der Waals surface area (Å²) in [4.78, 5) is 17.7. The number of pyridine rings is 1. The Morgan fingerprint density at radius 1 is 1.35 bits per heavy atom. The van der Waals surface area contributed by atoms with E-state index in [1.54, 1.807) is 6.20 Å². The number of halogens is 2. The first-order valence-corrected chi connectivity index (χ1v) is 7.23. The normalized spacial score (nSPS) is 13.3. The van der Waals surface area contributed by atoms with Gasteiger partial charge in [0.25, 0.3) is 0 Å². The van der Waals surface area contributed by atoms with Gasteiger partial charge in [-0.1, -0.05) is 6.07 Å². The molecule has 5 nitrogen and oxygen atoms in total. The summed E-state index contributed by atoms with van der Waals surface area (Å²) in [5.41, 5.74) is 0. The maximum atomic E-state index is 11.7. The molecule has 1 amide bonds. The number of rotatable bonds is 6. The van der Waals surface area contributed by atoms with Gasteiger partial charge in [0.15, 0.2) is 0 Å². The van der Waals surface area contributed by atoms with Crippen LogP contribution in [0, 0.1) is 0 Å². The van der Waals surface area contributed by atoms with Gasteiger partial charge in [-0.05, 0) is 12.1 Å². The van der Waals surface area contributed by atoms with E-state index in [1.807, 2.05) is 34.9 Å². The maximum absolute atomic E-state index is 11.7. The molecule has 1 saturated heterocycles. The van der Waals surface area contributed by atoms with E-state index in [0.29, 0.717) is 6.54 Å². The molecule has 2 heterocycles. The van der Waals surface area contributed by atoms with Crippen molar-refractivity contribution < 1.29 is 4.79 Å². The van der Waals surface area contributed by atoms with E-state index >= 15 is 0 Å². The van der Waals surface area contributed by atoms with E-state index in [2.05, 4.69) is 15.6 Å². The molecule has 1 aliphatic heterocycles. The van der Waals surface area contributed by atoms with Gasteiger partial charge < -0.3 is 15.5 Å². The predicted octanol–water partition coefficient (Wildman–Crippen LogP) is 1.46. The Morgan fingerprint density at radius 2 is 2.20 bits per heavy atom. The van der Waals surface area contributed by atoms with Crippen molar-refractivity contribution in [2.45, 2.75) is 0 Å². The Kier molecular flexibility index (Phi) is 10.6. The molecule has 1 aromatic rings. The quantitative estimate of drug-likeness (QED) is 0.769. The van der Waals surface area contributed by atoms with Crippen LogP contribution in [0.25, 0.3) is 0 Å². The smallest absolute Gasteiger partial charge is 0.237 e. The zero-order chi connectivity index (χ0) is 12.6. The van der Waals surface area contributed by atoms with Gasteiger partial charge >= 0.3 is 0 Å². The molecule has 1 fully saturated rings. The molecule has 1 aromatic heterocycles. The van der Waals surface area contributed by atoms with Crippen LogP contribution in [0.4, 0.5) is 5.82 Å². The molecule has 0 radical (unpaired) electrons. The van der Waals surface area contributed by atoms with E-state index in [4.69, 9.17) is 0 Å². The van der Waals surface area contributed by atoms with Gasteiger partial charge in [0, 0.05) is 31.6 Å². The minimum Gasteiger partial charge on any atom is -0.369 e. The van der Waals surface area contributed by atoms with Gasteiger partial charge in [-0.25, -0.2) is 4.98 Å². The zero-order valence-corrected chi connectivity index (χ0v) is 13.5. The second kappa shape index (κ2) is 11.0. The highest BCUT2D eigenvalue weighted by atomic mass is 35.5. The first-order valence-electron chi connectivity index (χ1n) is 6.07. The highest BCUT2D eigenvalue weighted by molar-refractivity contribution is 7.99. The van der Waals surface area contributed by atoms with Gasteiger partial charge in [0.2, 0.25) is 5.91 Å². The molecule has 0 aliphatic carbocycles. The SMILES string of the molecule is Cl.Cl.O=C(CNCCNc1ccccn1)N1CCSC1. The molecule has 0 atom stereocenters. The zero-order valence-electron chi connectivity index (χ0n) is 11.1. The van der Waals surface area contributed by atoms with Crippen LogP contribution >= 0.6 is 36.6 Å². The van der Waals surface area contributed by atoms with Crippen LogP contribution in [0.15, 0.2) is 24.4 Å². The van der Waals surface area contributed by atoms with Crippen LogP contribution < -0.4 is 10.6 Å². The Labute approximate surface area is 136 Å². The average molecular weight is 339 g/mol. The number of aromatic nitrogens is 1. The molecule has 8 heteroatoms. The van der Waals surface area contributed by atoms with Crippen LogP contribution in [0.2, 0.25) is 0 Å². The van der Waals surface area contributed by atoms with Gasteiger partial charge in [0.1, 0.15) is 5.82 Å². The van der Waals surface area contributed by atoms with Crippen LogP contribution in [0.1, 0.15) is 0 Å². The van der Waals surface area contributed by atoms with Crippen molar-refractivity contribution in [1.29, 1.82) is 0 Å². The number of nitrogens with one attached hydrogen (secondary N) is 2. The minimum absolute atomic E-state index is 0. The molecule has 114 valence electrons. The Balaban J connectivity index is 0.00000180. The first-order chi connectivity index (χ1) is 8.86. The molecule has 2 rings (SSSR count). The van der Waals surface area contributed by atoms with Crippen molar-refractivity contribution in [3.63, 3.8) is 0 Å². The third-order valence-electron chi connectivity index (χ3n) is 2.65. The van der Waals surface area contributed by atoms with Gasteiger partial charge in [-0.3, -0.25) is 4.79 Å². The van der Waals surface area contributed by atoms with Crippen LogP contribution in [-0.2, 0) is 4.79 Å². The number of carbonyl (C=O) groups excluding carboxylic acids is 1. The number of thioether (sulfide) groups is 1. The Hall–Kier alpha value is -0.690. The number of nitrogens with zero attached hydrogens (tertiary/aromatic N) is 2. The third-order valence-corrected chi connectivity index (χ3v) is 3.62. The first kappa shape index (κ1) is 19.3. The molecule has 0 bridgehead atoms. The number of hydrogen-bond donors (Lipinski definition) is 2.